The van der Waals surface area contributed by atoms with Crippen molar-refractivity contribution in [1.82, 2.24) is 0 Å². The van der Waals surface area contributed by atoms with Gasteiger partial charge in [0.15, 0.2) is 17.5 Å². The minimum atomic E-state index is -1.66. The first-order valence-corrected chi connectivity index (χ1v) is 13.4. The lowest BCUT2D eigenvalue weighted by Gasteiger charge is -2.31. The van der Waals surface area contributed by atoms with Crippen molar-refractivity contribution in [3.8, 4) is 0 Å². The summed E-state index contributed by atoms with van der Waals surface area (Å²) in [6.07, 6.45) is 7.46. The van der Waals surface area contributed by atoms with Crippen molar-refractivity contribution < 1.29 is 38.1 Å². The van der Waals surface area contributed by atoms with Crippen LogP contribution in [0.1, 0.15) is 52.7 Å². The van der Waals surface area contributed by atoms with E-state index in [1.54, 1.807) is 44.2 Å². The lowest BCUT2D eigenvalue weighted by molar-refractivity contribution is -0.163. The van der Waals surface area contributed by atoms with Gasteiger partial charge in [-0.15, -0.1) is 0 Å². The zero-order valence-corrected chi connectivity index (χ0v) is 23.6. The number of allylic oxidation sites excluding steroid dienone is 4. The van der Waals surface area contributed by atoms with Crippen LogP contribution in [0.15, 0.2) is 88.9 Å². The van der Waals surface area contributed by atoms with Gasteiger partial charge in [-0.1, -0.05) is 63.6 Å². The molecule has 0 amide bonds. The Labute approximate surface area is 234 Å². The van der Waals surface area contributed by atoms with Crippen molar-refractivity contribution in [2.24, 2.45) is 11.8 Å². The summed E-state index contributed by atoms with van der Waals surface area (Å²) in [5.74, 6) is -2.66. The Morgan fingerprint density at radius 1 is 1.07 bits per heavy atom. The molecule has 4 rings (SSSR count). The molecule has 8 heteroatoms. The van der Waals surface area contributed by atoms with Gasteiger partial charge in [-0.3, -0.25) is 9.59 Å². The standard InChI is InChI=1S/C32H34O8/c1-7-18(2)13-14-23-15-22-16-25(33)32(5)27(24(22)17-38-23)26(30(35)40-32)28(34)19(3)20(4)39-31(36)29(37-6)21-11-9-8-10-12-21/h8-20,29H,7H2,1-6H3/b14-13+/t18-,19-,20+,29-,32+/m0/s1. The number of hydrogen-bond donors (Lipinski definition) is 0. The van der Waals surface area contributed by atoms with E-state index in [0.717, 1.165) is 6.42 Å². The van der Waals surface area contributed by atoms with Crippen LogP contribution in [0.4, 0.5) is 0 Å². The van der Waals surface area contributed by atoms with Crippen LogP contribution in [-0.4, -0.2) is 42.3 Å². The summed E-state index contributed by atoms with van der Waals surface area (Å²) in [7, 11) is 1.39. The Balaban J connectivity index is 1.61. The van der Waals surface area contributed by atoms with E-state index in [1.807, 2.05) is 18.2 Å². The van der Waals surface area contributed by atoms with Gasteiger partial charge in [0.05, 0.1) is 12.2 Å². The number of esters is 2. The van der Waals surface area contributed by atoms with E-state index in [9.17, 15) is 19.2 Å². The molecule has 5 atom stereocenters. The number of methoxy groups -OCH3 is 1. The molecule has 0 saturated carbocycles. The maximum absolute atomic E-state index is 13.7. The van der Waals surface area contributed by atoms with Crippen molar-refractivity contribution in [2.75, 3.05) is 7.11 Å². The van der Waals surface area contributed by atoms with Crippen LogP contribution in [-0.2, 0) is 38.1 Å². The fraction of sp³-hybridized carbons (Fsp3) is 0.375. The highest BCUT2D eigenvalue weighted by atomic mass is 16.6. The van der Waals surface area contributed by atoms with Gasteiger partial charge in [-0.25, -0.2) is 9.59 Å². The molecule has 0 radical (unpaired) electrons. The predicted octanol–water partition coefficient (Wildman–Crippen LogP) is 5.03. The Morgan fingerprint density at radius 3 is 2.42 bits per heavy atom. The van der Waals surface area contributed by atoms with E-state index in [4.69, 9.17) is 18.9 Å². The predicted molar refractivity (Wildman–Crippen MR) is 146 cm³/mol. The first kappa shape index (κ1) is 29.0. The molecule has 210 valence electrons. The Kier molecular flexibility index (Phi) is 8.40. The molecule has 2 aliphatic heterocycles. The van der Waals surface area contributed by atoms with E-state index in [0.29, 0.717) is 28.4 Å². The summed E-state index contributed by atoms with van der Waals surface area (Å²) in [6.45, 7) is 8.76. The van der Waals surface area contributed by atoms with Crippen LogP contribution < -0.4 is 0 Å². The summed E-state index contributed by atoms with van der Waals surface area (Å²) >= 11 is 0. The van der Waals surface area contributed by atoms with Gasteiger partial charge in [0, 0.05) is 18.3 Å². The number of Topliss-reactive ketones (excluding diaryl/α,β-unsaturated/α-hetero) is 1. The van der Waals surface area contributed by atoms with E-state index in [2.05, 4.69) is 13.8 Å². The maximum Gasteiger partial charge on any atom is 0.343 e. The molecule has 0 unspecified atom stereocenters. The van der Waals surface area contributed by atoms with Gasteiger partial charge in [0.1, 0.15) is 17.4 Å². The highest BCUT2D eigenvalue weighted by molar-refractivity contribution is 6.25. The minimum Gasteiger partial charge on any atom is -0.464 e. The van der Waals surface area contributed by atoms with Crippen LogP contribution in [0.25, 0.3) is 0 Å². The SMILES string of the molecule is CC[C@H](C)/C=C/C1=CC2=CC(=O)[C@@]3(C)OC(=O)C(C(=O)[C@@H](C)[C@@H](C)OC(=O)[C@@H](OC)c4ccccc4)=C3C2=CO1. The Morgan fingerprint density at radius 2 is 1.77 bits per heavy atom. The number of rotatable bonds is 10. The van der Waals surface area contributed by atoms with Gasteiger partial charge in [-0.2, -0.15) is 0 Å². The van der Waals surface area contributed by atoms with Crippen molar-refractivity contribution >= 4 is 23.5 Å². The highest BCUT2D eigenvalue weighted by Gasteiger charge is 2.55. The smallest absolute Gasteiger partial charge is 0.343 e. The van der Waals surface area contributed by atoms with Crippen LogP contribution in [0, 0.1) is 11.8 Å². The second-order valence-electron chi connectivity index (χ2n) is 10.4. The fourth-order valence-corrected chi connectivity index (χ4v) is 4.75. The molecule has 40 heavy (non-hydrogen) atoms. The van der Waals surface area contributed by atoms with Crippen molar-refractivity contribution in [3.63, 3.8) is 0 Å². The molecule has 8 nitrogen and oxygen atoms in total. The molecule has 0 spiro atoms. The average molecular weight is 547 g/mol. The molecule has 0 bridgehead atoms. The third-order valence-electron chi connectivity index (χ3n) is 7.63. The summed E-state index contributed by atoms with van der Waals surface area (Å²) in [5.41, 5.74) is -0.184. The third kappa shape index (κ3) is 5.36. The van der Waals surface area contributed by atoms with E-state index in [-0.39, 0.29) is 11.1 Å². The third-order valence-corrected chi connectivity index (χ3v) is 7.63. The quantitative estimate of drug-likeness (QED) is 0.297. The first-order valence-electron chi connectivity index (χ1n) is 13.4. The van der Waals surface area contributed by atoms with Crippen LogP contribution >= 0.6 is 0 Å². The molecule has 1 aliphatic carbocycles. The Hall–Kier alpha value is -4.04. The summed E-state index contributed by atoms with van der Waals surface area (Å²) < 4.78 is 22.2. The number of hydrogen-bond acceptors (Lipinski definition) is 8. The van der Waals surface area contributed by atoms with Gasteiger partial charge in [-0.05, 0) is 49.1 Å². The van der Waals surface area contributed by atoms with Crippen molar-refractivity contribution in [2.45, 2.75) is 58.8 Å². The molecular formula is C32H34O8. The summed E-state index contributed by atoms with van der Waals surface area (Å²) in [6, 6.07) is 8.85. The number of carbonyl (C=O) groups excluding carboxylic acids is 4. The number of fused-ring (bicyclic) bond motifs is 3. The van der Waals surface area contributed by atoms with Crippen molar-refractivity contribution in [1.29, 1.82) is 0 Å². The molecule has 0 saturated heterocycles. The molecule has 0 fully saturated rings. The lowest BCUT2D eigenvalue weighted by atomic mass is 9.75. The minimum absolute atomic E-state index is 0.163. The monoisotopic (exact) mass is 546 g/mol. The average Bonchev–Trinajstić information content (AvgIpc) is 3.23. The van der Waals surface area contributed by atoms with Crippen LogP contribution in [0.3, 0.4) is 0 Å². The second kappa shape index (κ2) is 11.6. The highest BCUT2D eigenvalue weighted by Crippen LogP contribution is 2.47. The van der Waals surface area contributed by atoms with Gasteiger partial charge in [0.2, 0.25) is 5.78 Å². The van der Waals surface area contributed by atoms with E-state index in [1.165, 1.54) is 26.4 Å². The van der Waals surface area contributed by atoms with E-state index < -0.39 is 47.2 Å². The van der Waals surface area contributed by atoms with Gasteiger partial charge < -0.3 is 18.9 Å². The zero-order chi connectivity index (χ0) is 29.2. The summed E-state index contributed by atoms with van der Waals surface area (Å²) in [5, 5.41) is 0. The molecular weight excluding hydrogens is 512 g/mol. The van der Waals surface area contributed by atoms with Crippen molar-refractivity contribution in [3.05, 3.63) is 94.5 Å². The normalized spacial score (nSPS) is 23.1. The lowest BCUT2D eigenvalue weighted by Crippen LogP contribution is -2.40. The zero-order valence-electron chi connectivity index (χ0n) is 23.6. The first-order chi connectivity index (χ1) is 19.0. The van der Waals surface area contributed by atoms with Gasteiger partial charge in [0.25, 0.3) is 0 Å². The topological polar surface area (TPSA) is 105 Å². The van der Waals surface area contributed by atoms with E-state index >= 15 is 0 Å². The molecule has 0 N–H and O–H groups in total. The fourth-order valence-electron chi connectivity index (χ4n) is 4.75. The number of carbonyl (C=O) groups is 4. The molecule has 1 aromatic rings. The molecule has 2 heterocycles. The number of ether oxygens (including phenoxy) is 4. The summed E-state index contributed by atoms with van der Waals surface area (Å²) in [4.78, 5) is 52.9. The molecule has 1 aromatic carbocycles. The number of benzene rings is 1. The largest absolute Gasteiger partial charge is 0.464 e. The van der Waals surface area contributed by atoms with Crippen LogP contribution in [0.5, 0.6) is 0 Å². The molecule has 0 aromatic heterocycles. The number of ketones is 2. The van der Waals surface area contributed by atoms with Crippen LogP contribution in [0.2, 0.25) is 0 Å². The van der Waals surface area contributed by atoms with Gasteiger partial charge >= 0.3 is 11.9 Å². The maximum atomic E-state index is 13.7. The molecule has 3 aliphatic rings. The Bertz CT molecular complexity index is 1380. The second-order valence-corrected chi connectivity index (χ2v) is 10.4.